The summed E-state index contributed by atoms with van der Waals surface area (Å²) in [5, 5.41) is 10.7. The van der Waals surface area contributed by atoms with Crippen molar-refractivity contribution in [3.8, 4) is 11.5 Å². The van der Waals surface area contributed by atoms with Crippen molar-refractivity contribution >= 4 is 28.4 Å². The first-order valence-corrected chi connectivity index (χ1v) is 7.89. The summed E-state index contributed by atoms with van der Waals surface area (Å²) in [6.45, 7) is 0. The number of benzene rings is 2. The lowest BCUT2D eigenvalue weighted by Gasteiger charge is -2.15. The first-order chi connectivity index (χ1) is 12.9. The number of carbonyl (C=O) groups excluding carboxylic acids is 1. The van der Waals surface area contributed by atoms with Crippen LogP contribution in [0.3, 0.4) is 0 Å². The molecule has 0 aliphatic rings. The van der Waals surface area contributed by atoms with Crippen molar-refractivity contribution in [3.63, 3.8) is 0 Å². The van der Waals surface area contributed by atoms with Crippen molar-refractivity contribution in [2.24, 2.45) is 5.73 Å². The summed E-state index contributed by atoms with van der Waals surface area (Å²) >= 11 is 0. The number of anilines is 1. The Morgan fingerprint density at radius 1 is 1.11 bits per heavy atom. The van der Waals surface area contributed by atoms with Gasteiger partial charge in [0.1, 0.15) is 11.4 Å². The van der Waals surface area contributed by atoms with Crippen LogP contribution in [0, 0.1) is 5.41 Å². The average Bonchev–Trinajstić information content (AvgIpc) is 2.67. The molecular formula is C19H17N3O5. The van der Waals surface area contributed by atoms with E-state index in [4.69, 9.17) is 25.0 Å². The number of rotatable bonds is 5. The van der Waals surface area contributed by atoms with Gasteiger partial charge < -0.3 is 24.9 Å². The van der Waals surface area contributed by atoms with Gasteiger partial charge in [-0.25, -0.2) is 0 Å². The molecule has 4 N–H and O–H groups in total. The fourth-order valence-electron chi connectivity index (χ4n) is 2.60. The first kappa shape index (κ1) is 18.0. The molecule has 0 aliphatic heterocycles. The second-order valence-corrected chi connectivity index (χ2v) is 5.59. The van der Waals surface area contributed by atoms with Crippen LogP contribution in [0.5, 0.6) is 11.5 Å². The molecule has 27 heavy (non-hydrogen) atoms. The highest BCUT2D eigenvalue weighted by atomic mass is 16.5. The predicted octanol–water partition coefficient (Wildman–Crippen LogP) is 2.35. The van der Waals surface area contributed by atoms with Gasteiger partial charge in [-0.1, -0.05) is 12.1 Å². The van der Waals surface area contributed by atoms with Gasteiger partial charge in [0.25, 0.3) is 5.91 Å². The van der Waals surface area contributed by atoms with E-state index in [0.717, 1.165) is 6.07 Å². The molecule has 3 rings (SSSR count). The summed E-state index contributed by atoms with van der Waals surface area (Å²) in [6, 6.07) is 10.7. The molecule has 1 aromatic heterocycles. The van der Waals surface area contributed by atoms with Crippen LogP contribution in [0.2, 0.25) is 0 Å². The van der Waals surface area contributed by atoms with Crippen LogP contribution in [0.1, 0.15) is 16.1 Å². The van der Waals surface area contributed by atoms with E-state index in [2.05, 4.69) is 5.32 Å². The van der Waals surface area contributed by atoms with Crippen LogP contribution in [-0.4, -0.2) is 26.0 Å². The monoisotopic (exact) mass is 367 g/mol. The van der Waals surface area contributed by atoms with Gasteiger partial charge in [0.15, 0.2) is 22.7 Å². The SMILES string of the molecule is COc1cc(NC(=O)c2cc(=O)c3ccccc3o2)c(C(=N)N)cc1OC. The number of ether oxygens (including phenoxy) is 2. The molecule has 0 bridgehead atoms. The van der Waals surface area contributed by atoms with Gasteiger partial charge in [0.05, 0.1) is 25.3 Å². The lowest BCUT2D eigenvalue weighted by atomic mass is 10.1. The van der Waals surface area contributed by atoms with Crippen molar-refractivity contribution in [3.05, 3.63) is 64.0 Å². The number of amidine groups is 1. The standard InChI is InChI=1S/C19H17N3O5/c1-25-15-7-11(18(20)21)12(8-16(15)26-2)22-19(24)17-9-13(23)10-5-3-4-6-14(10)27-17/h3-9H,1-2H3,(H3,20,21)(H,22,24). The van der Waals surface area contributed by atoms with Crippen LogP contribution in [0.15, 0.2) is 51.7 Å². The van der Waals surface area contributed by atoms with Crippen molar-refractivity contribution in [1.29, 1.82) is 5.41 Å². The maximum Gasteiger partial charge on any atom is 0.291 e. The largest absolute Gasteiger partial charge is 0.493 e. The fraction of sp³-hybridized carbons (Fsp3) is 0.105. The molecule has 0 unspecified atom stereocenters. The van der Waals surface area contributed by atoms with E-state index in [9.17, 15) is 9.59 Å². The Morgan fingerprint density at radius 3 is 2.44 bits per heavy atom. The van der Waals surface area contributed by atoms with E-state index in [1.165, 1.54) is 26.4 Å². The van der Waals surface area contributed by atoms with Crippen LogP contribution in [0.25, 0.3) is 11.0 Å². The molecule has 0 fully saturated rings. The number of nitrogens with two attached hydrogens (primary N) is 1. The molecule has 2 aromatic carbocycles. The summed E-state index contributed by atoms with van der Waals surface area (Å²) in [5.41, 5.74) is 6.04. The minimum Gasteiger partial charge on any atom is -0.493 e. The highest BCUT2D eigenvalue weighted by Crippen LogP contribution is 2.33. The van der Waals surface area contributed by atoms with Crippen LogP contribution in [0.4, 0.5) is 5.69 Å². The summed E-state index contributed by atoms with van der Waals surface area (Å²) in [7, 11) is 2.89. The van der Waals surface area contributed by atoms with Crippen molar-refractivity contribution in [2.75, 3.05) is 19.5 Å². The second kappa shape index (κ2) is 7.20. The molecule has 8 heteroatoms. The number of methoxy groups -OCH3 is 2. The molecule has 0 saturated heterocycles. The number of carbonyl (C=O) groups is 1. The number of nitrogens with one attached hydrogen (secondary N) is 2. The van der Waals surface area contributed by atoms with Crippen molar-refractivity contribution in [1.82, 2.24) is 0 Å². The zero-order valence-corrected chi connectivity index (χ0v) is 14.7. The predicted molar refractivity (Wildman–Crippen MR) is 101 cm³/mol. The van der Waals surface area contributed by atoms with E-state index >= 15 is 0 Å². The third-order valence-corrected chi connectivity index (χ3v) is 3.92. The Hall–Kier alpha value is -3.81. The second-order valence-electron chi connectivity index (χ2n) is 5.59. The zero-order chi connectivity index (χ0) is 19.6. The van der Waals surface area contributed by atoms with E-state index in [0.29, 0.717) is 22.5 Å². The zero-order valence-electron chi connectivity index (χ0n) is 14.7. The Morgan fingerprint density at radius 2 is 1.78 bits per heavy atom. The maximum absolute atomic E-state index is 12.6. The lowest BCUT2D eigenvalue weighted by Crippen LogP contribution is -2.19. The molecule has 1 amide bonds. The van der Waals surface area contributed by atoms with Gasteiger partial charge in [0.2, 0.25) is 0 Å². The minimum atomic E-state index is -0.660. The Balaban J connectivity index is 2.03. The van der Waals surface area contributed by atoms with E-state index in [1.54, 1.807) is 24.3 Å². The Bertz CT molecular complexity index is 1100. The first-order valence-electron chi connectivity index (χ1n) is 7.89. The van der Waals surface area contributed by atoms with Gasteiger partial charge in [0, 0.05) is 17.7 Å². The number of hydrogen-bond donors (Lipinski definition) is 3. The summed E-state index contributed by atoms with van der Waals surface area (Å²) in [6.07, 6.45) is 0. The Kier molecular flexibility index (Phi) is 4.80. The summed E-state index contributed by atoms with van der Waals surface area (Å²) in [5.74, 6) is -0.391. The van der Waals surface area contributed by atoms with Gasteiger partial charge in [-0.15, -0.1) is 0 Å². The molecule has 0 spiro atoms. The molecule has 0 radical (unpaired) electrons. The highest BCUT2D eigenvalue weighted by Gasteiger charge is 2.18. The molecule has 0 aliphatic carbocycles. The van der Waals surface area contributed by atoms with Crippen LogP contribution in [-0.2, 0) is 0 Å². The van der Waals surface area contributed by atoms with Crippen molar-refractivity contribution < 1.29 is 18.7 Å². The molecule has 0 saturated carbocycles. The van der Waals surface area contributed by atoms with Gasteiger partial charge >= 0.3 is 0 Å². The lowest BCUT2D eigenvalue weighted by molar-refractivity contribution is 0.0997. The maximum atomic E-state index is 12.6. The molecule has 8 nitrogen and oxygen atoms in total. The molecular weight excluding hydrogens is 350 g/mol. The fourth-order valence-corrected chi connectivity index (χ4v) is 2.60. The Labute approximate surface area is 154 Å². The molecule has 3 aromatic rings. The minimum absolute atomic E-state index is 0.164. The van der Waals surface area contributed by atoms with Crippen LogP contribution < -0.4 is 26.0 Å². The topological polar surface area (TPSA) is 128 Å². The number of para-hydroxylation sites is 1. The summed E-state index contributed by atoms with van der Waals surface area (Å²) < 4.78 is 15.9. The summed E-state index contributed by atoms with van der Waals surface area (Å²) in [4.78, 5) is 24.8. The van der Waals surface area contributed by atoms with E-state index in [-0.39, 0.29) is 28.3 Å². The van der Waals surface area contributed by atoms with Gasteiger partial charge in [-0.05, 0) is 18.2 Å². The number of hydrogen-bond acceptors (Lipinski definition) is 6. The third-order valence-electron chi connectivity index (χ3n) is 3.92. The van der Waals surface area contributed by atoms with Gasteiger partial charge in [-0.2, -0.15) is 0 Å². The number of fused-ring (bicyclic) bond motifs is 1. The normalized spacial score (nSPS) is 10.4. The van der Waals surface area contributed by atoms with E-state index < -0.39 is 5.91 Å². The number of amides is 1. The smallest absolute Gasteiger partial charge is 0.291 e. The molecule has 0 atom stereocenters. The number of nitrogen functional groups attached to an aromatic ring is 1. The molecule has 1 heterocycles. The van der Waals surface area contributed by atoms with Crippen LogP contribution >= 0.6 is 0 Å². The average molecular weight is 367 g/mol. The van der Waals surface area contributed by atoms with Crippen molar-refractivity contribution in [2.45, 2.75) is 0 Å². The highest BCUT2D eigenvalue weighted by molar-refractivity contribution is 6.09. The quantitative estimate of drug-likeness (QED) is 0.469. The van der Waals surface area contributed by atoms with Gasteiger partial charge in [-0.3, -0.25) is 15.0 Å². The molecule has 138 valence electrons. The van der Waals surface area contributed by atoms with E-state index in [1.807, 2.05) is 0 Å². The third kappa shape index (κ3) is 3.45.